The van der Waals surface area contributed by atoms with Gasteiger partial charge in [0.1, 0.15) is 17.7 Å². The molecule has 1 fully saturated rings. The molecular weight excluding hydrogens is 467 g/mol. The topological polar surface area (TPSA) is 140 Å². The SMILES string of the molecule is C=NN(/C=C\C)CC1CN(c2ccc(-c3ccc(N(C=N)CCNC(=O)CN)nc3)c(F)c2)C(=O)O1. The van der Waals surface area contributed by atoms with Gasteiger partial charge >= 0.3 is 6.09 Å². The van der Waals surface area contributed by atoms with E-state index in [9.17, 15) is 9.59 Å². The monoisotopic (exact) mass is 496 g/mol. The highest BCUT2D eigenvalue weighted by Gasteiger charge is 2.33. The number of cyclic esters (lactones) is 1. The lowest BCUT2D eigenvalue weighted by Crippen LogP contribution is -2.37. The van der Waals surface area contributed by atoms with Crippen LogP contribution in [0, 0.1) is 11.2 Å². The van der Waals surface area contributed by atoms with Crippen molar-refractivity contribution in [3.63, 3.8) is 0 Å². The number of allylic oxidation sites excluding steroid dienone is 1. The van der Waals surface area contributed by atoms with Crippen molar-refractivity contribution >= 4 is 36.6 Å². The maximum absolute atomic E-state index is 15.0. The van der Waals surface area contributed by atoms with Crippen molar-refractivity contribution in [1.82, 2.24) is 15.3 Å². The van der Waals surface area contributed by atoms with E-state index in [0.29, 0.717) is 42.3 Å². The summed E-state index contributed by atoms with van der Waals surface area (Å²) in [5.74, 6) is -0.334. The molecule has 2 heterocycles. The number of benzene rings is 1. The number of ether oxygens (including phenoxy) is 1. The summed E-state index contributed by atoms with van der Waals surface area (Å²) in [6.45, 7) is 6.43. The van der Waals surface area contributed by atoms with Gasteiger partial charge in [-0.3, -0.25) is 20.1 Å². The molecule has 1 aromatic carbocycles. The first-order valence-corrected chi connectivity index (χ1v) is 11.2. The fraction of sp³-hybridized carbons (Fsp3) is 0.292. The van der Waals surface area contributed by atoms with E-state index in [4.69, 9.17) is 15.9 Å². The Labute approximate surface area is 208 Å². The van der Waals surface area contributed by atoms with Crippen LogP contribution in [0.15, 0.2) is 53.9 Å². The van der Waals surface area contributed by atoms with Crippen LogP contribution in [0.4, 0.5) is 20.7 Å². The predicted octanol–water partition coefficient (Wildman–Crippen LogP) is 2.15. The zero-order chi connectivity index (χ0) is 26.1. The van der Waals surface area contributed by atoms with Gasteiger partial charge in [-0.25, -0.2) is 14.2 Å². The smallest absolute Gasteiger partial charge is 0.414 e. The van der Waals surface area contributed by atoms with E-state index in [-0.39, 0.29) is 19.0 Å². The molecule has 12 heteroatoms. The first-order chi connectivity index (χ1) is 17.4. The standard InChI is InChI=1S/C24H29FN8O3/c1-3-9-32(28-2)14-19-15-33(24(35)36-19)18-5-6-20(21(25)11-18)17-4-7-22(30-13-17)31(16-27)10-8-29-23(34)12-26/h3-7,9,11,13,16,19,27H,2,8,10,12,14-15,26H2,1H3,(H,29,34)/b9-3-,27-16?. The number of carbonyl (C=O) groups excluding carboxylic acids is 2. The van der Waals surface area contributed by atoms with E-state index < -0.39 is 18.0 Å². The zero-order valence-corrected chi connectivity index (χ0v) is 19.9. The lowest BCUT2D eigenvalue weighted by atomic mass is 10.1. The molecule has 11 nitrogen and oxygen atoms in total. The van der Waals surface area contributed by atoms with Crippen molar-refractivity contribution in [3.8, 4) is 11.1 Å². The second kappa shape index (κ2) is 12.4. The molecule has 0 aliphatic carbocycles. The molecule has 2 aromatic rings. The van der Waals surface area contributed by atoms with Gasteiger partial charge in [0.15, 0.2) is 0 Å². The summed E-state index contributed by atoms with van der Waals surface area (Å²) in [6, 6.07) is 7.86. The number of nitrogens with two attached hydrogens (primary N) is 1. The Morgan fingerprint density at radius 1 is 1.44 bits per heavy atom. The summed E-state index contributed by atoms with van der Waals surface area (Å²) in [5.41, 5.74) is 6.49. The van der Waals surface area contributed by atoms with E-state index in [1.807, 2.05) is 6.92 Å². The highest BCUT2D eigenvalue weighted by Crippen LogP contribution is 2.29. The van der Waals surface area contributed by atoms with E-state index >= 15 is 4.39 Å². The van der Waals surface area contributed by atoms with Crippen molar-refractivity contribution in [3.05, 3.63) is 54.6 Å². The van der Waals surface area contributed by atoms with Gasteiger partial charge in [-0.1, -0.05) is 6.08 Å². The molecule has 2 amide bonds. The Kier molecular flexibility index (Phi) is 9.06. The van der Waals surface area contributed by atoms with E-state index in [1.165, 1.54) is 22.1 Å². The van der Waals surface area contributed by atoms with Crippen LogP contribution in [0.25, 0.3) is 11.1 Å². The summed E-state index contributed by atoms with van der Waals surface area (Å²) in [6.07, 6.45) is 5.11. The largest absolute Gasteiger partial charge is 0.442 e. The molecule has 0 radical (unpaired) electrons. The van der Waals surface area contributed by atoms with Crippen molar-refractivity contribution in [1.29, 1.82) is 5.41 Å². The molecule has 1 unspecified atom stereocenters. The summed E-state index contributed by atoms with van der Waals surface area (Å²) in [5, 5.41) is 15.6. The molecule has 4 N–H and O–H groups in total. The number of aromatic nitrogens is 1. The summed E-state index contributed by atoms with van der Waals surface area (Å²) >= 11 is 0. The average molecular weight is 497 g/mol. The Morgan fingerprint density at radius 3 is 2.86 bits per heavy atom. The molecule has 1 saturated heterocycles. The molecular formula is C24H29FN8O3. The predicted molar refractivity (Wildman–Crippen MR) is 137 cm³/mol. The van der Waals surface area contributed by atoms with Crippen molar-refractivity contribution in [2.45, 2.75) is 13.0 Å². The fourth-order valence-electron chi connectivity index (χ4n) is 3.63. The molecule has 0 bridgehead atoms. The van der Waals surface area contributed by atoms with Crippen LogP contribution in [0.2, 0.25) is 0 Å². The van der Waals surface area contributed by atoms with Gasteiger partial charge < -0.3 is 20.7 Å². The van der Waals surface area contributed by atoms with Gasteiger partial charge in [-0.15, -0.1) is 0 Å². The molecule has 1 aromatic heterocycles. The van der Waals surface area contributed by atoms with Crippen LogP contribution in [0.5, 0.6) is 0 Å². The quantitative estimate of drug-likeness (QED) is 0.232. The molecule has 0 saturated carbocycles. The minimum Gasteiger partial charge on any atom is -0.442 e. The number of halogens is 1. The molecule has 36 heavy (non-hydrogen) atoms. The maximum Gasteiger partial charge on any atom is 0.414 e. The Hall–Kier alpha value is -4.32. The van der Waals surface area contributed by atoms with Gasteiger partial charge in [0.25, 0.3) is 0 Å². The average Bonchev–Trinajstić information content (AvgIpc) is 3.26. The number of amides is 2. The van der Waals surface area contributed by atoms with Crippen LogP contribution in [0.3, 0.4) is 0 Å². The van der Waals surface area contributed by atoms with Gasteiger partial charge in [0.05, 0.1) is 31.7 Å². The van der Waals surface area contributed by atoms with Crippen LogP contribution >= 0.6 is 0 Å². The van der Waals surface area contributed by atoms with Crippen molar-refractivity contribution in [2.75, 3.05) is 42.5 Å². The molecule has 3 rings (SSSR count). The van der Waals surface area contributed by atoms with Gasteiger partial charge in [-0.05, 0) is 37.3 Å². The lowest BCUT2D eigenvalue weighted by Gasteiger charge is -2.19. The Morgan fingerprint density at radius 2 is 2.25 bits per heavy atom. The number of carbonyl (C=O) groups is 2. The Bertz CT molecular complexity index is 1120. The molecule has 190 valence electrons. The zero-order valence-electron chi connectivity index (χ0n) is 19.9. The number of hydrazone groups is 1. The third-order valence-corrected chi connectivity index (χ3v) is 5.40. The van der Waals surface area contributed by atoms with Crippen LogP contribution < -0.4 is 20.9 Å². The minimum atomic E-state index is -0.558. The molecule has 0 spiro atoms. The first-order valence-electron chi connectivity index (χ1n) is 11.2. The highest BCUT2D eigenvalue weighted by molar-refractivity contribution is 5.90. The third-order valence-electron chi connectivity index (χ3n) is 5.40. The second-order valence-corrected chi connectivity index (χ2v) is 7.81. The fourth-order valence-corrected chi connectivity index (χ4v) is 3.63. The number of nitrogens with zero attached hydrogens (tertiary/aromatic N) is 5. The number of nitrogens with one attached hydrogen (secondary N) is 2. The molecule has 1 aliphatic heterocycles. The maximum atomic E-state index is 15.0. The van der Waals surface area contributed by atoms with Gasteiger partial charge in [-0.2, -0.15) is 5.10 Å². The van der Waals surface area contributed by atoms with E-state index in [2.05, 4.69) is 22.1 Å². The van der Waals surface area contributed by atoms with Crippen LogP contribution in [-0.2, 0) is 9.53 Å². The summed E-state index contributed by atoms with van der Waals surface area (Å²) in [7, 11) is 0. The summed E-state index contributed by atoms with van der Waals surface area (Å²) < 4.78 is 20.4. The summed E-state index contributed by atoms with van der Waals surface area (Å²) in [4.78, 5) is 30.9. The van der Waals surface area contributed by atoms with Crippen LogP contribution in [-0.4, -0.2) is 73.9 Å². The lowest BCUT2D eigenvalue weighted by molar-refractivity contribution is -0.119. The number of rotatable bonds is 12. The first kappa shape index (κ1) is 26.3. The number of hydrogen-bond donors (Lipinski definition) is 3. The normalized spacial score (nSPS) is 15.0. The van der Waals surface area contributed by atoms with Crippen molar-refractivity contribution < 1.29 is 18.7 Å². The molecule has 1 aliphatic rings. The third kappa shape index (κ3) is 6.42. The van der Waals surface area contributed by atoms with Gasteiger partial charge in [0, 0.05) is 43.3 Å². The van der Waals surface area contributed by atoms with Crippen molar-refractivity contribution in [2.24, 2.45) is 10.8 Å². The van der Waals surface area contributed by atoms with Gasteiger partial charge in [0.2, 0.25) is 5.91 Å². The second-order valence-electron chi connectivity index (χ2n) is 7.81. The van der Waals surface area contributed by atoms with E-state index in [1.54, 1.807) is 41.6 Å². The number of hydrogen-bond acceptors (Lipinski definition) is 8. The minimum absolute atomic E-state index is 0.108. The molecule has 1 atom stereocenters. The number of pyridine rings is 1. The number of anilines is 2. The van der Waals surface area contributed by atoms with E-state index in [0.717, 1.165) is 6.34 Å². The Balaban J connectivity index is 1.68. The highest BCUT2D eigenvalue weighted by atomic mass is 19.1. The van der Waals surface area contributed by atoms with Crippen LogP contribution in [0.1, 0.15) is 6.92 Å².